The minimum absolute atomic E-state index is 0.285. The molecule has 2 heteroatoms. The fourth-order valence-electron chi connectivity index (χ4n) is 1.50. The zero-order valence-electron chi connectivity index (χ0n) is 8.78. The van der Waals surface area contributed by atoms with Crippen LogP contribution in [-0.2, 0) is 9.53 Å². The van der Waals surface area contributed by atoms with E-state index in [1.165, 1.54) is 11.6 Å². The van der Waals surface area contributed by atoms with Gasteiger partial charge in [-0.1, -0.05) is 24.3 Å². The van der Waals surface area contributed by atoms with E-state index in [1.807, 2.05) is 44.2 Å². The van der Waals surface area contributed by atoms with E-state index in [4.69, 9.17) is 4.74 Å². The molecule has 0 aliphatic carbocycles. The number of benzene rings is 1. The fourth-order valence-corrected chi connectivity index (χ4v) is 1.50. The molecule has 2 nitrogen and oxygen atoms in total. The summed E-state index contributed by atoms with van der Waals surface area (Å²) >= 11 is 0. The minimum Gasteiger partial charge on any atom is -0.423 e. The van der Waals surface area contributed by atoms with Crippen molar-refractivity contribution in [3.05, 3.63) is 52.8 Å². The zero-order chi connectivity index (χ0) is 10.8. The largest absolute Gasteiger partial charge is 0.423 e. The van der Waals surface area contributed by atoms with Gasteiger partial charge in [0.25, 0.3) is 0 Å². The molecule has 1 aliphatic rings. The van der Waals surface area contributed by atoms with E-state index < -0.39 is 0 Å². The van der Waals surface area contributed by atoms with E-state index >= 15 is 0 Å². The molecule has 0 atom stereocenters. The second-order valence-electron chi connectivity index (χ2n) is 3.61. The normalized spacial score (nSPS) is 17.9. The predicted octanol–water partition coefficient (Wildman–Crippen LogP) is 2.84. The molecule has 0 saturated carbocycles. The molecule has 2 rings (SSSR count). The molecule has 1 heterocycles. The summed E-state index contributed by atoms with van der Waals surface area (Å²) in [5, 5.41) is 0. The van der Waals surface area contributed by atoms with E-state index in [1.54, 1.807) is 0 Å². The van der Waals surface area contributed by atoms with Crippen LogP contribution in [0.4, 0.5) is 0 Å². The van der Waals surface area contributed by atoms with Gasteiger partial charge in [-0.05, 0) is 36.6 Å². The van der Waals surface area contributed by atoms with Crippen LogP contribution < -0.4 is 0 Å². The number of carbonyl (C=O) groups is 1. The molecule has 0 aromatic heterocycles. The van der Waals surface area contributed by atoms with E-state index in [-0.39, 0.29) is 5.97 Å². The van der Waals surface area contributed by atoms with Crippen LogP contribution in [0.25, 0.3) is 6.08 Å². The first-order chi connectivity index (χ1) is 7.16. The zero-order valence-corrected chi connectivity index (χ0v) is 8.78. The van der Waals surface area contributed by atoms with E-state index in [0.717, 1.165) is 11.1 Å². The van der Waals surface area contributed by atoms with E-state index in [9.17, 15) is 4.79 Å². The molecule has 0 saturated heterocycles. The fraction of sp³-hybridized carbons (Fsp3) is 0.154. The molecule has 76 valence electrons. The lowest BCUT2D eigenvalue weighted by atomic mass is 10.1. The highest BCUT2D eigenvalue weighted by Gasteiger charge is 2.15. The van der Waals surface area contributed by atoms with Crippen LogP contribution in [0.15, 0.2) is 41.7 Å². The molecule has 1 aromatic rings. The van der Waals surface area contributed by atoms with Crippen LogP contribution in [-0.4, -0.2) is 5.97 Å². The number of esters is 1. The second-order valence-corrected chi connectivity index (χ2v) is 3.61. The summed E-state index contributed by atoms with van der Waals surface area (Å²) in [6, 6.07) is 7.99. The Kier molecular flexibility index (Phi) is 2.42. The summed E-state index contributed by atoms with van der Waals surface area (Å²) in [7, 11) is 0. The summed E-state index contributed by atoms with van der Waals surface area (Å²) in [6.45, 7) is 3.90. The lowest BCUT2D eigenvalue weighted by Crippen LogP contribution is -1.91. The number of carbonyl (C=O) groups excluding carboxylic acids is 1. The van der Waals surface area contributed by atoms with E-state index in [0.29, 0.717) is 5.76 Å². The maximum absolute atomic E-state index is 11.0. The van der Waals surface area contributed by atoms with Crippen molar-refractivity contribution in [1.29, 1.82) is 0 Å². The van der Waals surface area contributed by atoms with Crippen molar-refractivity contribution >= 4 is 12.0 Å². The molecule has 0 unspecified atom stereocenters. The third kappa shape index (κ3) is 1.99. The highest BCUT2D eigenvalue weighted by molar-refractivity contribution is 5.89. The number of rotatable bonds is 1. The number of ether oxygens (including phenoxy) is 1. The number of cyclic esters (lactones) is 1. The van der Waals surface area contributed by atoms with Gasteiger partial charge in [-0.25, -0.2) is 4.79 Å². The summed E-state index contributed by atoms with van der Waals surface area (Å²) in [6.07, 6.45) is 3.40. The van der Waals surface area contributed by atoms with Crippen molar-refractivity contribution in [2.75, 3.05) is 0 Å². The van der Waals surface area contributed by atoms with Gasteiger partial charge >= 0.3 is 5.97 Å². The topological polar surface area (TPSA) is 26.3 Å². The van der Waals surface area contributed by atoms with Gasteiger partial charge in [-0.2, -0.15) is 0 Å². The number of aryl methyl sites for hydroxylation is 1. The maximum Gasteiger partial charge on any atom is 0.336 e. The van der Waals surface area contributed by atoms with Crippen LogP contribution in [0.5, 0.6) is 0 Å². The predicted molar refractivity (Wildman–Crippen MR) is 59.0 cm³/mol. The second kappa shape index (κ2) is 3.73. The van der Waals surface area contributed by atoms with Gasteiger partial charge < -0.3 is 4.74 Å². The Bertz CT molecular complexity index is 467. The molecule has 0 spiro atoms. The van der Waals surface area contributed by atoms with Crippen LogP contribution in [0.3, 0.4) is 0 Å². The lowest BCUT2D eigenvalue weighted by molar-refractivity contribution is -0.132. The molecule has 1 aromatic carbocycles. The molecule has 0 fully saturated rings. The first-order valence-electron chi connectivity index (χ1n) is 4.84. The highest BCUT2D eigenvalue weighted by Crippen LogP contribution is 2.22. The Balaban J connectivity index is 2.37. The van der Waals surface area contributed by atoms with Crippen LogP contribution in [0.2, 0.25) is 0 Å². The Morgan fingerprint density at radius 2 is 1.93 bits per heavy atom. The molecule has 1 aliphatic heterocycles. The molecule has 0 radical (unpaired) electrons. The SMILES string of the molecule is CC1=CC(=O)O/C1=C\c1ccccc1C. The van der Waals surface area contributed by atoms with Crippen LogP contribution >= 0.6 is 0 Å². The van der Waals surface area contributed by atoms with Crippen molar-refractivity contribution in [1.82, 2.24) is 0 Å². The van der Waals surface area contributed by atoms with Crippen molar-refractivity contribution in [3.8, 4) is 0 Å². The summed E-state index contributed by atoms with van der Waals surface area (Å²) in [4.78, 5) is 11.0. The third-order valence-corrected chi connectivity index (χ3v) is 2.41. The summed E-state index contributed by atoms with van der Waals surface area (Å²) in [5.74, 6) is 0.363. The maximum atomic E-state index is 11.0. The first kappa shape index (κ1) is 9.71. The monoisotopic (exact) mass is 200 g/mol. The average molecular weight is 200 g/mol. The standard InChI is InChI=1S/C13H12O2/c1-9-5-3-4-6-11(9)8-12-10(2)7-13(14)15-12/h3-8H,1-2H3/b12-8-. The van der Waals surface area contributed by atoms with Crippen LogP contribution in [0.1, 0.15) is 18.1 Å². The third-order valence-electron chi connectivity index (χ3n) is 2.41. The molecule has 15 heavy (non-hydrogen) atoms. The van der Waals surface area contributed by atoms with Crippen LogP contribution in [0, 0.1) is 6.92 Å². The molecule has 0 N–H and O–H groups in total. The summed E-state index contributed by atoms with van der Waals surface area (Å²) < 4.78 is 5.06. The van der Waals surface area contributed by atoms with Crippen molar-refractivity contribution < 1.29 is 9.53 Å². The van der Waals surface area contributed by atoms with Crippen molar-refractivity contribution in [2.24, 2.45) is 0 Å². The Morgan fingerprint density at radius 3 is 2.53 bits per heavy atom. The minimum atomic E-state index is -0.285. The van der Waals surface area contributed by atoms with E-state index in [2.05, 4.69) is 0 Å². The number of allylic oxidation sites excluding steroid dienone is 1. The quantitative estimate of drug-likeness (QED) is 0.651. The van der Waals surface area contributed by atoms with Gasteiger partial charge in [-0.3, -0.25) is 0 Å². The van der Waals surface area contributed by atoms with Gasteiger partial charge in [0.1, 0.15) is 5.76 Å². The van der Waals surface area contributed by atoms with Gasteiger partial charge in [0, 0.05) is 6.08 Å². The number of hydrogen-bond acceptors (Lipinski definition) is 2. The highest BCUT2D eigenvalue weighted by atomic mass is 16.5. The Labute approximate surface area is 88.9 Å². The average Bonchev–Trinajstić information content (AvgIpc) is 2.49. The molecular weight excluding hydrogens is 188 g/mol. The molecule has 0 amide bonds. The first-order valence-corrected chi connectivity index (χ1v) is 4.84. The Morgan fingerprint density at radius 1 is 1.20 bits per heavy atom. The number of hydrogen-bond donors (Lipinski definition) is 0. The van der Waals surface area contributed by atoms with Crippen molar-refractivity contribution in [2.45, 2.75) is 13.8 Å². The Hall–Kier alpha value is -1.83. The lowest BCUT2D eigenvalue weighted by Gasteiger charge is -2.02. The van der Waals surface area contributed by atoms with Gasteiger partial charge in [0.05, 0.1) is 0 Å². The van der Waals surface area contributed by atoms with Gasteiger partial charge in [0.15, 0.2) is 0 Å². The van der Waals surface area contributed by atoms with Gasteiger partial charge in [-0.15, -0.1) is 0 Å². The smallest absolute Gasteiger partial charge is 0.336 e. The van der Waals surface area contributed by atoms with Gasteiger partial charge in [0.2, 0.25) is 0 Å². The molecular formula is C13H12O2. The summed E-state index contributed by atoms with van der Waals surface area (Å²) in [5.41, 5.74) is 3.12. The van der Waals surface area contributed by atoms with Crippen molar-refractivity contribution in [3.63, 3.8) is 0 Å². The molecule has 0 bridgehead atoms.